The highest BCUT2D eigenvalue weighted by atomic mass is 16.6. The third kappa shape index (κ3) is 5.17. The Bertz CT molecular complexity index is 519. The molecule has 1 rings (SSSR count). The highest BCUT2D eigenvalue weighted by Crippen LogP contribution is 2.21. The predicted molar refractivity (Wildman–Crippen MR) is 75.3 cm³/mol. The van der Waals surface area contributed by atoms with Gasteiger partial charge in [0.05, 0.1) is 12.6 Å². The summed E-state index contributed by atoms with van der Waals surface area (Å²) >= 11 is 0. The topological polar surface area (TPSA) is 107 Å². The molecule has 0 saturated heterocycles. The van der Waals surface area contributed by atoms with Gasteiger partial charge in [-0.1, -0.05) is 17.2 Å². The van der Waals surface area contributed by atoms with E-state index in [1.807, 2.05) is 0 Å². The Balaban J connectivity index is 2.83. The van der Waals surface area contributed by atoms with Crippen LogP contribution < -0.4 is 5.32 Å². The minimum Gasteiger partial charge on any atom is -0.444 e. The first-order valence-electron chi connectivity index (χ1n) is 6.11. The van der Waals surface area contributed by atoms with Crippen molar-refractivity contribution in [2.75, 3.05) is 11.9 Å². The average Bonchev–Trinajstić information content (AvgIpc) is 2.33. The molecule has 7 nitrogen and oxygen atoms in total. The van der Waals surface area contributed by atoms with E-state index in [1.54, 1.807) is 45.0 Å². The van der Waals surface area contributed by atoms with Crippen molar-refractivity contribution in [3.63, 3.8) is 0 Å². The van der Waals surface area contributed by atoms with Crippen molar-refractivity contribution in [3.8, 4) is 0 Å². The van der Waals surface area contributed by atoms with Gasteiger partial charge in [0, 0.05) is 10.6 Å². The van der Waals surface area contributed by atoms with Gasteiger partial charge < -0.3 is 9.84 Å². The third-order valence-corrected chi connectivity index (χ3v) is 2.28. The predicted octanol–water partition coefficient (Wildman–Crippen LogP) is 3.38. The lowest BCUT2D eigenvalue weighted by atomic mass is 10.1. The number of carbonyl (C=O) groups excluding carboxylic acids is 1. The van der Waals surface area contributed by atoms with Gasteiger partial charge in [-0.05, 0) is 44.0 Å². The van der Waals surface area contributed by atoms with E-state index in [-0.39, 0.29) is 6.61 Å². The molecule has 0 spiro atoms. The van der Waals surface area contributed by atoms with E-state index in [2.05, 4.69) is 15.3 Å². The molecule has 0 aliphatic heterocycles. The Labute approximate surface area is 117 Å². The second kappa shape index (κ2) is 6.79. The molecular formula is C13H18N4O3. The lowest BCUT2D eigenvalue weighted by molar-refractivity contribution is 0.0636. The van der Waals surface area contributed by atoms with Gasteiger partial charge in [0.15, 0.2) is 0 Å². The molecule has 0 aliphatic rings. The maximum Gasteiger partial charge on any atom is 0.412 e. The number of aliphatic hydroxyl groups is 1. The molecule has 1 amide bonds. The second-order valence-electron chi connectivity index (χ2n) is 5.16. The summed E-state index contributed by atoms with van der Waals surface area (Å²) in [5.41, 5.74) is 8.96. The fourth-order valence-electron chi connectivity index (χ4n) is 1.52. The molecule has 0 radical (unpaired) electrons. The first-order valence-corrected chi connectivity index (χ1v) is 6.11. The van der Waals surface area contributed by atoms with Crippen LogP contribution in [0.25, 0.3) is 10.4 Å². The molecule has 0 heterocycles. The average molecular weight is 278 g/mol. The highest BCUT2D eigenvalue weighted by Gasteiger charge is 2.16. The molecule has 1 aromatic carbocycles. The van der Waals surface area contributed by atoms with Crippen LogP contribution >= 0.6 is 0 Å². The fourth-order valence-corrected chi connectivity index (χ4v) is 1.52. The zero-order chi connectivity index (χ0) is 15.2. The molecule has 0 aromatic heterocycles. The number of azide groups is 1. The molecule has 20 heavy (non-hydrogen) atoms. The second-order valence-corrected chi connectivity index (χ2v) is 5.16. The van der Waals surface area contributed by atoms with Crippen LogP contribution in [0.3, 0.4) is 0 Å². The molecule has 0 saturated carbocycles. The van der Waals surface area contributed by atoms with E-state index in [4.69, 9.17) is 15.4 Å². The molecule has 1 unspecified atom stereocenters. The summed E-state index contributed by atoms with van der Waals surface area (Å²) in [6.07, 6.45) is -0.570. The van der Waals surface area contributed by atoms with Gasteiger partial charge in [0.1, 0.15) is 5.60 Å². The Kier molecular flexibility index (Phi) is 5.37. The molecule has 0 fully saturated rings. The monoisotopic (exact) mass is 278 g/mol. The molecule has 0 bridgehead atoms. The Hall–Kier alpha value is -2.24. The van der Waals surface area contributed by atoms with E-state index in [0.29, 0.717) is 11.3 Å². The van der Waals surface area contributed by atoms with E-state index in [1.165, 1.54) is 0 Å². The molecule has 1 atom stereocenters. The molecule has 1 aromatic rings. The number of hydrogen-bond acceptors (Lipinski definition) is 4. The van der Waals surface area contributed by atoms with Gasteiger partial charge >= 0.3 is 6.09 Å². The Morgan fingerprint density at radius 2 is 2.25 bits per heavy atom. The Morgan fingerprint density at radius 1 is 1.55 bits per heavy atom. The van der Waals surface area contributed by atoms with Crippen LogP contribution in [-0.2, 0) is 4.74 Å². The lowest BCUT2D eigenvalue weighted by Crippen LogP contribution is -2.27. The van der Waals surface area contributed by atoms with Crippen LogP contribution in [0.15, 0.2) is 29.4 Å². The summed E-state index contributed by atoms with van der Waals surface area (Å²) < 4.78 is 5.13. The fraction of sp³-hybridized carbons (Fsp3) is 0.462. The number of rotatable bonds is 4. The third-order valence-electron chi connectivity index (χ3n) is 2.28. The zero-order valence-corrected chi connectivity index (χ0v) is 11.7. The zero-order valence-electron chi connectivity index (χ0n) is 11.7. The first kappa shape index (κ1) is 15.8. The van der Waals surface area contributed by atoms with Gasteiger partial charge in [-0.15, -0.1) is 0 Å². The van der Waals surface area contributed by atoms with Crippen LogP contribution in [0.2, 0.25) is 0 Å². The SMILES string of the molecule is CC(C)(C)OC(=O)Nc1cccc(C(CO)N=[N+]=[N-])c1. The quantitative estimate of drug-likeness (QED) is 0.500. The summed E-state index contributed by atoms with van der Waals surface area (Å²) in [6.45, 7) is 5.01. The van der Waals surface area contributed by atoms with E-state index in [0.717, 1.165) is 0 Å². The number of aliphatic hydroxyl groups excluding tert-OH is 1. The van der Waals surface area contributed by atoms with E-state index >= 15 is 0 Å². The smallest absolute Gasteiger partial charge is 0.412 e. The van der Waals surface area contributed by atoms with Crippen LogP contribution in [0.5, 0.6) is 0 Å². The number of benzene rings is 1. The Morgan fingerprint density at radius 3 is 2.80 bits per heavy atom. The highest BCUT2D eigenvalue weighted by molar-refractivity contribution is 5.84. The summed E-state index contributed by atoms with van der Waals surface area (Å²) in [7, 11) is 0. The number of nitrogens with one attached hydrogen (secondary N) is 1. The normalized spacial score (nSPS) is 12.2. The number of hydrogen-bond donors (Lipinski definition) is 2. The van der Waals surface area contributed by atoms with Crippen molar-refractivity contribution >= 4 is 11.8 Å². The van der Waals surface area contributed by atoms with Crippen molar-refractivity contribution in [2.45, 2.75) is 32.4 Å². The van der Waals surface area contributed by atoms with Crippen molar-refractivity contribution in [2.24, 2.45) is 5.11 Å². The summed E-state index contributed by atoms with van der Waals surface area (Å²) in [6, 6.07) is 6.02. The van der Waals surface area contributed by atoms with E-state index < -0.39 is 17.7 Å². The number of carbonyl (C=O) groups is 1. The van der Waals surface area contributed by atoms with Crippen molar-refractivity contribution in [3.05, 3.63) is 40.3 Å². The number of nitrogens with zero attached hydrogens (tertiary/aromatic N) is 3. The summed E-state index contributed by atoms with van der Waals surface area (Å²) in [5.74, 6) is 0. The van der Waals surface area contributed by atoms with E-state index in [9.17, 15) is 4.79 Å². The van der Waals surface area contributed by atoms with Crippen LogP contribution in [0, 0.1) is 0 Å². The van der Waals surface area contributed by atoms with Crippen LogP contribution in [0.4, 0.5) is 10.5 Å². The number of ether oxygens (including phenoxy) is 1. The van der Waals surface area contributed by atoms with Crippen LogP contribution in [-0.4, -0.2) is 23.4 Å². The summed E-state index contributed by atoms with van der Waals surface area (Å²) in [4.78, 5) is 14.3. The van der Waals surface area contributed by atoms with Crippen LogP contribution in [0.1, 0.15) is 32.4 Å². The van der Waals surface area contributed by atoms with Gasteiger partial charge in [0.2, 0.25) is 0 Å². The largest absolute Gasteiger partial charge is 0.444 e. The van der Waals surface area contributed by atoms with Gasteiger partial charge in [0.25, 0.3) is 0 Å². The lowest BCUT2D eigenvalue weighted by Gasteiger charge is -2.20. The summed E-state index contributed by atoms with van der Waals surface area (Å²) in [5, 5.41) is 15.2. The molecule has 0 aliphatic carbocycles. The number of anilines is 1. The van der Waals surface area contributed by atoms with Gasteiger partial charge in [-0.2, -0.15) is 0 Å². The maximum absolute atomic E-state index is 11.6. The molecule has 7 heteroatoms. The van der Waals surface area contributed by atoms with Gasteiger partial charge in [-0.25, -0.2) is 4.79 Å². The van der Waals surface area contributed by atoms with Crippen molar-refractivity contribution in [1.29, 1.82) is 0 Å². The molecule has 2 N–H and O–H groups in total. The minimum atomic E-state index is -0.680. The number of amides is 1. The van der Waals surface area contributed by atoms with Gasteiger partial charge in [-0.3, -0.25) is 5.32 Å². The maximum atomic E-state index is 11.6. The standard InChI is InChI=1S/C13H18N4O3/c1-13(2,3)20-12(19)15-10-6-4-5-9(7-10)11(8-18)16-17-14/h4-7,11,18H,8H2,1-3H3,(H,15,19). The minimum absolute atomic E-state index is 0.306. The molecule has 108 valence electrons. The van der Waals surface area contributed by atoms with Crippen molar-refractivity contribution < 1.29 is 14.6 Å². The van der Waals surface area contributed by atoms with Crippen molar-refractivity contribution in [1.82, 2.24) is 0 Å². The first-order chi connectivity index (χ1) is 9.35. The molecular weight excluding hydrogens is 260 g/mol.